The van der Waals surface area contributed by atoms with Crippen molar-refractivity contribution >= 4 is 5.97 Å². The first-order chi connectivity index (χ1) is 5.24. The number of phenolic OH excluding ortho intramolecular Hbond substituents is 1. The molecule has 1 rings (SSSR count). The van der Waals surface area contributed by atoms with Gasteiger partial charge in [0.2, 0.25) is 0 Å². The summed E-state index contributed by atoms with van der Waals surface area (Å²) in [6, 6.07) is 5.60. The molecule has 4 nitrogen and oxygen atoms in total. The van der Waals surface area contributed by atoms with Crippen LogP contribution in [0.25, 0.3) is 0 Å². The van der Waals surface area contributed by atoms with E-state index >= 15 is 0 Å². The predicted octanol–water partition coefficient (Wildman–Crippen LogP) is 0.423. The predicted molar refractivity (Wildman–Crippen MR) is 37.7 cm³/mol. The minimum Gasteiger partial charge on any atom is -0.508 e. The van der Waals surface area contributed by atoms with E-state index in [1.165, 1.54) is 24.3 Å². The number of benzene rings is 1. The Morgan fingerprint density at radius 2 is 1.91 bits per heavy atom. The fraction of sp³-hybridized carbons (Fsp3) is 0. The van der Waals surface area contributed by atoms with Gasteiger partial charge in [0.1, 0.15) is 5.75 Å². The van der Waals surface area contributed by atoms with Crippen molar-refractivity contribution in [2.45, 2.75) is 0 Å². The van der Waals surface area contributed by atoms with Gasteiger partial charge in [0, 0.05) is 0 Å². The first-order valence-electron chi connectivity index (χ1n) is 2.94. The number of carbonyl (C=O) groups excluding carboxylic acids is 1. The van der Waals surface area contributed by atoms with E-state index < -0.39 is 5.97 Å². The van der Waals surface area contributed by atoms with Crippen molar-refractivity contribution in [2.75, 3.05) is 0 Å². The Hall–Kier alpha value is -1.55. The minimum atomic E-state index is -0.620. The van der Waals surface area contributed by atoms with E-state index in [4.69, 9.17) is 5.11 Å². The highest BCUT2D eigenvalue weighted by atomic mass is 16.7. The van der Waals surface area contributed by atoms with Gasteiger partial charge in [-0.05, 0) is 24.3 Å². The normalized spacial score (nSPS) is 9.18. The maximum absolute atomic E-state index is 10.7. The summed E-state index contributed by atoms with van der Waals surface area (Å²) in [4.78, 5) is 14.7. The summed E-state index contributed by atoms with van der Waals surface area (Å²) in [5.41, 5.74) is 0.310. The number of rotatable bonds is 1. The molecule has 0 bridgehead atoms. The molecule has 0 unspecified atom stereocenters. The van der Waals surface area contributed by atoms with Gasteiger partial charge in [-0.1, -0.05) is 0 Å². The molecular weight excluding hydrogens is 146 g/mol. The molecule has 0 heterocycles. The number of aromatic hydroxyl groups is 1. The van der Waals surface area contributed by atoms with Gasteiger partial charge in [-0.15, -0.1) is 0 Å². The molecule has 0 aliphatic heterocycles. The highest BCUT2D eigenvalue weighted by Crippen LogP contribution is 2.09. The van der Waals surface area contributed by atoms with Gasteiger partial charge in [0.25, 0.3) is 0 Å². The van der Waals surface area contributed by atoms with Crippen LogP contribution in [0.2, 0.25) is 0 Å². The van der Waals surface area contributed by atoms with E-state index in [9.17, 15) is 4.79 Å². The van der Waals surface area contributed by atoms with Gasteiger partial charge in [0.05, 0.1) is 5.56 Å². The van der Waals surface area contributed by atoms with Gasteiger partial charge >= 0.3 is 5.97 Å². The molecule has 0 spiro atoms. The minimum absolute atomic E-state index is 0.0959. The van der Waals surface area contributed by atoms with Crippen LogP contribution in [0.4, 0.5) is 0 Å². The summed E-state index contributed by atoms with van der Waals surface area (Å²) in [5.74, 6) is 4.11. The second-order valence-electron chi connectivity index (χ2n) is 1.95. The van der Waals surface area contributed by atoms with Crippen LogP contribution in [0.15, 0.2) is 24.3 Å². The van der Waals surface area contributed by atoms with Crippen molar-refractivity contribution in [3.63, 3.8) is 0 Å². The van der Waals surface area contributed by atoms with Crippen molar-refractivity contribution in [1.29, 1.82) is 0 Å². The number of nitrogens with two attached hydrogens (primary N) is 1. The highest BCUT2D eigenvalue weighted by molar-refractivity contribution is 5.89. The smallest absolute Gasteiger partial charge is 0.356 e. The molecule has 0 atom stereocenters. The molecule has 0 aliphatic carbocycles. The summed E-state index contributed by atoms with van der Waals surface area (Å²) in [6.45, 7) is 0. The summed E-state index contributed by atoms with van der Waals surface area (Å²) in [6.07, 6.45) is 0. The molecule has 4 heteroatoms. The van der Waals surface area contributed by atoms with Crippen molar-refractivity contribution in [1.82, 2.24) is 0 Å². The van der Waals surface area contributed by atoms with E-state index in [1.807, 2.05) is 0 Å². The third-order valence-corrected chi connectivity index (χ3v) is 1.21. The third-order valence-electron chi connectivity index (χ3n) is 1.21. The van der Waals surface area contributed by atoms with Crippen molar-refractivity contribution in [3.05, 3.63) is 29.8 Å². The standard InChI is InChI=1S/C7H7NO3/c8-11-7(10)5-1-3-6(9)4-2-5/h1-4,9H,8H2. The van der Waals surface area contributed by atoms with E-state index in [-0.39, 0.29) is 5.75 Å². The monoisotopic (exact) mass is 153 g/mol. The third kappa shape index (κ3) is 1.68. The lowest BCUT2D eigenvalue weighted by Crippen LogP contribution is -2.09. The lowest BCUT2D eigenvalue weighted by Gasteiger charge is -1.96. The lowest BCUT2D eigenvalue weighted by atomic mass is 10.2. The molecule has 0 saturated carbocycles. The molecular formula is C7H7NO3. The molecule has 3 N–H and O–H groups in total. The summed E-state index contributed by atoms with van der Waals surface area (Å²) >= 11 is 0. The molecule has 1 aromatic rings. The first kappa shape index (κ1) is 7.56. The molecule has 0 radical (unpaired) electrons. The zero-order valence-corrected chi connectivity index (χ0v) is 5.65. The molecule has 0 amide bonds. The van der Waals surface area contributed by atoms with Crippen LogP contribution in [-0.4, -0.2) is 11.1 Å². The van der Waals surface area contributed by atoms with Crippen LogP contribution >= 0.6 is 0 Å². The Morgan fingerprint density at radius 1 is 1.36 bits per heavy atom. The van der Waals surface area contributed by atoms with Crippen LogP contribution in [0, 0.1) is 0 Å². The maximum atomic E-state index is 10.7. The number of hydrogen-bond acceptors (Lipinski definition) is 4. The summed E-state index contributed by atoms with van der Waals surface area (Å²) < 4.78 is 0. The Labute approximate surface area is 63.2 Å². The Morgan fingerprint density at radius 3 is 2.36 bits per heavy atom. The average molecular weight is 153 g/mol. The largest absolute Gasteiger partial charge is 0.508 e. The van der Waals surface area contributed by atoms with Gasteiger partial charge in [-0.25, -0.2) is 4.79 Å². The van der Waals surface area contributed by atoms with Crippen LogP contribution in [0.5, 0.6) is 5.75 Å². The topological polar surface area (TPSA) is 72.5 Å². The van der Waals surface area contributed by atoms with Crippen LogP contribution in [0.3, 0.4) is 0 Å². The second-order valence-corrected chi connectivity index (χ2v) is 1.95. The van der Waals surface area contributed by atoms with Gasteiger partial charge in [-0.3, -0.25) is 0 Å². The zero-order valence-electron chi connectivity index (χ0n) is 5.65. The second kappa shape index (κ2) is 3.03. The van der Waals surface area contributed by atoms with Crippen LogP contribution in [0.1, 0.15) is 10.4 Å². The van der Waals surface area contributed by atoms with E-state index in [0.717, 1.165) is 0 Å². The highest BCUT2D eigenvalue weighted by Gasteiger charge is 2.03. The van der Waals surface area contributed by atoms with E-state index in [1.54, 1.807) is 0 Å². The quantitative estimate of drug-likeness (QED) is 0.573. The van der Waals surface area contributed by atoms with E-state index in [0.29, 0.717) is 5.56 Å². The number of hydrogen-bond donors (Lipinski definition) is 2. The van der Waals surface area contributed by atoms with Gasteiger partial charge in [0.15, 0.2) is 0 Å². The van der Waals surface area contributed by atoms with Crippen LogP contribution in [-0.2, 0) is 4.84 Å². The average Bonchev–Trinajstić information content (AvgIpc) is 2.05. The Balaban J connectivity index is 2.90. The fourth-order valence-corrected chi connectivity index (χ4v) is 0.666. The molecule has 58 valence electrons. The molecule has 11 heavy (non-hydrogen) atoms. The first-order valence-corrected chi connectivity index (χ1v) is 2.94. The molecule has 0 fully saturated rings. The summed E-state index contributed by atoms with van der Waals surface area (Å²) in [7, 11) is 0. The lowest BCUT2D eigenvalue weighted by molar-refractivity contribution is 0.0503. The Bertz CT molecular complexity index is 255. The van der Waals surface area contributed by atoms with E-state index in [2.05, 4.69) is 10.7 Å². The molecule has 0 aliphatic rings. The number of phenols is 1. The van der Waals surface area contributed by atoms with Crippen molar-refractivity contribution < 1.29 is 14.7 Å². The molecule has 0 saturated heterocycles. The van der Waals surface area contributed by atoms with Gasteiger partial charge < -0.3 is 9.94 Å². The maximum Gasteiger partial charge on any atom is 0.356 e. The number of carbonyl (C=O) groups is 1. The fourth-order valence-electron chi connectivity index (χ4n) is 0.666. The van der Waals surface area contributed by atoms with Crippen molar-refractivity contribution in [3.8, 4) is 5.75 Å². The zero-order chi connectivity index (χ0) is 8.27. The molecule has 1 aromatic carbocycles. The van der Waals surface area contributed by atoms with Crippen LogP contribution < -0.4 is 5.90 Å². The Kier molecular flexibility index (Phi) is 2.08. The molecule has 0 aromatic heterocycles. The SMILES string of the molecule is NOC(=O)c1ccc(O)cc1. The van der Waals surface area contributed by atoms with Gasteiger partial charge in [-0.2, -0.15) is 5.90 Å². The summed E-state index contributed by atoms with van der Waals surface area (Å²) in [5, 5.41) is 8.83. The van der Waals surface area contributed by atoms with Crippen molar-refractivity contribution in [2.24, 2.45) is 5.90 Å².